The molecular weight excluding hydrogens is 350 g/mol. The molecule has 1 amide bonds. The number of carbonyl (C=O) groups excluding carboxylic acids is 1. The fraction of sp³-hybridized carbons (Fsp3) is 0.316. The summed E-state index contributed by atoms with van der Waals surface area (Å²) in [4.78, 5) is 14.9. The van der Waals surface area contributed by atoms with Gasteiger partial charge < -0.3 is 5.32 Å². The standard InChI is InChI=1S/C19H20ClN5O/c20-15-4-1-13(2-5-15)12-25-9-7-16(8-10-25)21-19(26)14-3-6-17-18(11-14)23-24-22-17/h1-6,11,16H,7-10,12H2,(H,21,26)(H,22,23,24). The zero-order valence-corrected chi connectivity index (χ0v) is 15.0. The average molecular weight is 370 g/mol. The van der Waals surface area contributed by atoms with Gasteiger partial charge in [-0.05, 0) is 48.7 Å². The summed E-state index contributed by atoms with van der Waals surface area (Å²) in [5, 5.41) is 14.5. The molecule has 2 N–H and O–H groups in total. The van der Waals surface area contributed by atoms with Crippen LogP contribution < -0.4 is 5.32 Å². The molecular formula is C19H20ClN5O. The highest BCUT2D eigenvalue weighted by Gasteiger charge is 2.21. The van der Waals surface area contributed by atoms with Crippen LogP contribution in [-0.4, -0.2) is 45.3 Å². The Bertz CT molecular complexity index is 900. The van der Waals surface area contributed by atoms with E-state index in [1.165, 1.54) is 5.56 Å². The number of amides is 1. The second kappa shape index (κ2) is 7.43. The summed E-state index contributed by atoms with van der Waals surface area (Å²) in [6, 6.07) is 13.6. The van der Waals surface area contributed by atoms with Gasteiger partial charge in [0.2, 0.25) is 0 Å². The summed E-state index contributed by atoms with van der Waals surface area (Å²) in [6.07, 6.45) is 1.90. The lowest BCUT2D eigenvalue weighted by atomic mass is 10.0. The molecule has 1 fully saturated rings. The van der Waals surface area contributed by atoms with E-state index < -0.39 is 0 Å². The van der Waals surface area contributed by atoms with Crippen LogP contribution in [0.4, 0.5) is 0 Å². The average Bonchev–Trinajstić information content (AvgIpc) is 3.13. The molecule has 0 bridgehead atoms. The first-order valence-electron chi connectivity index (χ1n) is 8.75. The largest absolute Gasteiger partial charge is 0.349 e. The van der Waals surface area contributed by atoms with Crippen LogP contribution in [-0.2, 0) is 6.54 Å². The molecule has 1 saturated heterocycles. The fourth-order valence-corrected chi connectivity index (χ4v) is 3.46. The lowest BCUT2D eigenvalue weighted by molar-refractivity contribution is 0.0909. The van der Waals surface area contributed by atoms with Gasteiger partial charge in [-0.25, -0.2) is 0 Å². The van der Waals surface area contributed by atoms with E-state index >= 15 is 0 Å². The van der Waals surface area contributed by atoms with Gasteiger partial charge in [0, 0.05) is 36.3 Å². The van der Waals surface area contributed by atoms with E-state index in [1.54, 1.807) is 12.1 Å². The topological polar surface area (TPSA) is 73.9 Å². The van der Waals surface area contributed by atoms with Crippen LogP contribution in [0.2, 0.25) is 5.02 Å². The number of piperidine rings is 1. The Kier molecular flexibility index (Phi) is 4.86. The van der Waals surface area contributed by atoms with Crippen LogP contribution in [0.15, 0.2) is 42.5 Å². The number of likely N-dealkylation sites (tertiary alicyclic amines) is 1. The summed E-state index contributed by atoms with van der Waals surface area (Å²) in [5.41, 5.74) is 3.35. The monoisotopic (exact) mass is 369 g/mol. The summed E-state index contributed by atoms with van der Waals surface area (Å²) in [7, 11) is 0. The van der Waals surface area contributed by atoms with Crippen LogP contribution in [0, 0.1) is 0 Å². The second-order valence-corrected chi connectivity index (χ2v) is 7.11. The summed E-state index contributed by atoms with van der Waals surface area (Å²) in [5.74, 6) is -0.0500. The van der Waals surface area contributed by atoms with Crippen molar-refractivity contribution in [3.05, 3.63) is 58.6 Å². The van der Waals surface area contributed by atoms with Gasteiger partial charge >= 0.3 is 0 Å². The summed E-state index contributed by atoms with van der Waals surface area (Å²) in [6.45, 7) is 2.85. The Morgan fingerprint density at radius 2 is 1.85 bits per heavy atom. The Morgan fingerprint density at radius 1 is 1.12 bits per heavy atom. The molecule has 0 saturated carbocycles. The molecule has 134 valence electrons. The van der Waals surface area contributed by atoms with Gasteiger partial charge in [0.25, 0.3) is 5.91 Å². The minimum atomic E-state index is -0.0500. The number of nitrogens with one attached hydrogen (secondary N) is 2. The minimum absolute atomic E-state index is 0.0500. The van der Waals surface area contributed by atoms with Crippen molar-refractivity contribution in [2.45, 2.75) is 25.4 Å². The van der Waals surface area contributed by atoms with Gasteiger partial charge in [0.1, 0.15) is 11.0 Å². The van der Waals surface area contributed by atoms with Crippen molar-refractivity contribution in [1.82, 2.24) is 25.6 Å². The zero-order valence-electron chi connectivity index (χ0n) is 14.3. The predicted octanol–water partition coefficient (Wildman–Crippen LogP) is 3.01. The Hall–Kier alpha value is -2.44. The van der Waals surface area contributed by atoms with E-state index in [9.17, 15) is 4.79 Å². The first kappa shape index (κ1) is 17.0. The molecule has 0 unspecified atom stereocenters. The van der Waals surface area contributed by atoms with Crippen molar-refractivity contribution in [3.8, 4) is 0 Å². The number of hydrogen-bond acceptors (Lipinski definition) is 4. The third-order valence-corrected chi connectivity index (χ3v) is 5.07. The summed E-state index contributed by atoms with van der Waals surface area (Å²) >= 11 is 5.94. The molecule has 1 aliphatic heterocycles. The van der Waals surface area contributed by atoms with Crippen molar-refractivity contribution in [1.29, 1.82) is 0 Å². The first-order valence-corrected chi connectivity index (χ1v) is 9.13. The second-order valence-electron chi connectivity index (χ2n) is 6.68. The minimum Gasteiger partial charge on any atom is -0.349 e. The van der Waals surface area contributed by atoms with Gasteiger partial charge in [0.05, 0.1) is 0 Å². The Morgan fingerprint density at radius 3 is 2.62 bits per heavy atom. The molecule has 1 aromatic heterocycles. The quantitative estimate of drug-likeness (QED) is 0.741. The molecule has 4 rings (SSSR count). The highest BCUT2D eigenvalue weighted by molar-refractivity contribution is 6.30. The van der Waals surface area contributed by atoms with Crippen molar-refractivity contribution in [2.75, 3.05) is 13.1 Å². The zero-order chi connectivity index (χ0) is 17.9. The van der Waals surface area contributed by atoms with Gasteiger partial charge in [-0.3, -0.25) is 9.69 Å². The van der Waals surface area contributed by atoms with E-state index in [0.29, 0.717) is 11.1 Å². The van der Waals surface area contributed by atoms with E-state index in [0.717, 1.165) is 43.0 Å². The van der Waals surface area contributed by atoms with Gasteiger partial charge in [-0.2, -0.15) is 15.4 Å². The normalized spacial score (nSPS) is 16.0. The maximum Gasteiger partial charge on any atom is 0.251 e. The number of rotatable bonds is 4. The van der Waals surface area contributed by atoms with E-state index in [2.05, 4.69) is 37.8 Å². The van der Waals surface area contributed by atoms with E-state index in [1.807, 2.05) is 18.2 Å². The van der Waals surface area contributed by atoms with Crippen LogP contribution in [0.3, 0.4) is 0 Å². The molecule has 26 heavy (non-hydrogen) atoms. The highest BCUT2D eigenvalue weighted by Crippen LogP contribution is 2.17. The lowest BCUT2D eigenvalue weighted by Gasteiger charge is -2.32. The van der Waals surface area contributed by atoms with E-state index in [4.69, 9.17) is 11.6 Å². The SMILES string of the molecule is O=C(NC1CCN(Cc2ccc(Cl)cc2)CC1)c1ccc2n[nH]nc2c1. The maximum atomic E-state index is 12.5. The number of halogens is 1. The molecule has 0 aliphatic carbocycles. The Balaban J connectivity index is 1.30. The molecule has 6 nitrogen and oxygen atoms in total. The molecule has 2 heterocycles. The van der Waals surface area contributed by atoms with Gasteiger partial charge in [-0.1, -0.05) is 23.7 Å². The van der Waals surface area contributed by atoms with Crippen LogP contribution in [0.1, 0.15) is 28.8 Å². The lowest BCUT2D eigenvalue weighted by Crippen LogP contribution is -2.44. The number of aromatic amines is 1. The third kappa shape index (κ3) is 3.86. The number of benzene rings is 2. The molecule has 7 heteroatoms. The predicted molar refractivity (Wildman–Crippen MR) is 101 cm³/mol. The van der Waals surface area contributed by atoms with Crippen molar-refractivity contribution >= 4 is 28.5 Å². The van der Waals surface area contributed by atoms with Crippen LogP contribution in [0.25, 0.3) is 11.0 Å². The molecule has 3 aromatic rings. The molecule has 2 aromatic carbocycles. The van der Waals surface area contributed by atoms with Crippen LogP contribution >= 0.6 is 11.6 Å². The van der Waals surface area contributed by atoms with Gasteiger partial charge in [-0.15, -0.1) is 0 Å². The molecule has 1 aliphatic rings. The number of hydrogen-bond donors (Lipinski definition) is 2. The fourth-order valence-electron chi connectivity index (χ4n) is 3.33. The van der Waals surface area contributed by atoms with Crippen molar-refractivity contribution in [2.24, 2.45) is 0 Å². The number of aromatic nitrogens is 3. The molecule has 0 spiro atoms. The van der Waals surface area contributed by atoms with Crippen LogP contribution in [0.5, 0.6) is 0 Å². The highest BCUT2D eigenvalue weighted by atomic mass is 35.5. The number of carbonyl (C=O) groups is 1. The van der Waals surface area contributed by atoms with Crippen molar-refractivity contribution < 1.29 is 4.79 Å². The smallest absolute Gasteiger partial charge is 0.251 e. The summed E-state index contributed by atoms with van der Waals surface area (Å²) < 4.78 is 0. The third-order valence-electron chi connectivity index (χ3n) is 4.82. The van der Waals surface area contributed by atoms with E-state index in [-0.39, 0.29) is 11.9 Å². The maximum absolute atomic E-state index is 12.5. The Labute approximate surface area is 156 Å². The molecule has 0 atom stereocenters. The number of nitrogens with zero attached hydrogens (tertiary/aromatic N) is 3. The van der Waals surface area contributed by atoms with Gasteiger partial charge in [0.15, 0.2) is 0 Å². The van der Waals surface area contributed by atoms with Crippen molar-refractivity contribution in [3.63, 3.8) is 0 Å². The number of H-pyrrole nitrogens is 1. The number of fused-ring (bicyclic) bond motifs is 1. The first-order chi connectivity index (χ1) is 12.7. The molecule has 0 radical (unpaired) electrons.